The predicted octanol–water partition coefficient (Wildman–Crippen LogP) is 3.69. The van der Waals surface area contributed by atoms with Gasteiger partial charge in [-0.05, 0) is 43.9 Å². The monoisotopic (exact) mass is 507 g/mol. The van der Waals surface area contributed by atoms with Gasteiger partial charge < -0.3 is 19.8 Å². The summed E-state index contributed by atoms with van der Waals surface area (Å²) in [6.07, 6.45) is 13.5. The highest BCUT2D eigenvalue weighted by atomic mass is 16.5. The number of aromatic nitrogens is 4. The summed E-state index contributed by atoms with van der Waals surface area (Å²) in [7, 11) is 1.65. The number of aryl methyl sites for hydroxylation is 2. The van der Waals surface area contributed by atoms with E-state index in [4.69, 9.17) is 20.2 Å². The number of hydrogen-bond donors (Lipinski definition) is 1. The van der Waals surface area contributed by atoms with Gasteiger partial charge >= 0.3 is 0 Å². The Morgan fingerprint density at radius 3 is 2.84 bits per heavy atom. The SMILES string of the molecule is CCOc1cc(CC[N+]2(c3ccnc(CCCn4ccnc4)n3)CCCCC2CC(N)=O)ccc1OC. The van der Waals surface area contributed by atoms with Gasteiger partial charge in [-0.3, -0.25) is 9.28 Å². The highest BCUT2D eigenvalue weighted by Gasteiger charge is 2.43. The summed E-state index contributed by atoms with van der Waals surface area (Å²) in [5.41, 5.74) is 6.90. The Labute approximate surface area is 219 Å². The van der Waals surface area contributed by atoms with E-state index in [0.29, 0.717) is 17.5 Å². The van der Waals surface area contributed by atoms with Crippen LogP contribution in [0.4, 0.5) is 5.82 Å². The number of quaternary nitrogens is 1. The Balaban J connectivity index is 1.59. The number of likely N-dealkylation sites (tertiary alicyclic amines) is 1. The van der Waals surface area contributed by atoms with E-state index < -0.39 is 0 Å². The van der Waals surface area contributed by atoms with Gasteiger partial charge in [-0.1, -0.05) is 6.07 Å². The summed E-state index contributed by atoms with van der Waals surface area (Å²) in [6.45, 7) is 5.17. The number of methoxy groups -OCH3 is 1. The molecule has 1 aliphatic heterocycles. The Morgan fingerprint density at radius 1 is 1.19 bits per heavy atom. The summed E-state index contributed by atoms with van der Waals surface area (Å²) >= 11 is 0. The number of nitrogens with zero attached hydrogens (tertiary/aromatic N) is 5. The molecule has 1 aliphatic rings. The van der Waals surface area contributed by atoms with Crippen molar-refractivity contribution in [3.8, 4) is 11.5 Å². The van der Waals surface area contributed by atoms with Crippen molar-refractivity contribution < 1.29 is 14.3 Å². The minimum Gasteiger partial charge on any atom is -0.493 e. The molecule has 2 aromatic heterocycles. The first-order chi connectivity index (χ1) is 18.0. The van der Waals surface area contributed by atoms with Gasteiger partial charge in [0.05, 0.1) is 39.6 Å². The zero-order valence-corrected chi connectivity index (χ0v) is 22.0. The molecule has 198 valence electrons. The zero-order valence-electron chi connectivity index (χ0n) is 22.0. The standard InChI is InChI=1S/C28H38N6O3/c1-3-37-25-19-22(9-10-24(25)36-2)12-18-34(17-5-4-7-23(34)20-26(29)35)28-11-13-31-27(32-28)8-6-15-33-16-14-30-21-33/h9-11,13-14,16,19,21,23H,3-8,12,15,17-18,20H2,1-2H3,(H-,29,35)/p+1. The minimum atomic E-state index is -0.257. The molecule has 3 heterocycles. The van der Waals surface area contributed by atoms with Gasteiger partial charge in [-0.2, -0.15) is 4.98 Å². The van der Waals surface area contributed by atoms with Crippen LogP contribution in [0.25, 0.3) is 0 Å². The van der Waals surface area contributed by atoms with Crippen LogP contribution in [-0.2, 0) is 24.2 Å². The van der Waals surface area contributed by atoms with Crippen LogP contribution in [0.15, 0.2) is 49.2 Å². The van der Waals surface area contributed by atoms with Crippen LogP contribution in [0, 0.1) is 0 Å². The highest BCUT2D eigenvalue weighted by Crippen LogP contribution is 2.35. The third-order valence-corrected chi connectivity index (χ3v) is 7.33. The first-order valence-electron chi connectivity index (χ1n) is 13.3. The number of primary amides is 1. The summed E-state index contributed by atoms with van der Waals surface area (Å²) in [4.78, 5) is 25.9. The summed E-state index contributed by atoms with van der Waals surface area (Å²) in [5.74, 6) is 3.05. The number of piperidine rings is 1. The molecule has 0 radical (unpaired) electrons. The Kier molecular flexibility index (Phi) is 9.11. The third kappa shape index (κ3) is 6.65. The lowest BCUT2D eigenvalue weighted by Crippen LogP contribution is -2.61. The average molecular weight is 508 g/mol. The highest BCUT2D eigenvalue weighted by molar-refractivity contribution is 5.74. The van der Waals surface area contributed by atoms with E-state index >= 15 is 0 Å². The Morgan fingerprint density at radius 2 is 2.08 bits per heavy atom. The lowest BCUT2D eigenvalue weighted by Gasteiger charge is -2.46. The van der Waals surface area contributed by atoms with Crippen molar-refractivity contribution in [2.24, 2.45) is 5.73 Å². The molecule has 2 atom stereocenters. The number of carbonyl (C=O) groups excluding carboxylic acids is 1. The normalized spacial score (nSPS) is 19.5. The molecule has 9 nitrogen and oxygen atoms in total. The fourth-order valence-corrected chi connectivity index (χ4v) is 5.49. The van der Waals surface area contributed by atoms with Crippen molar-refractivity contribution in [1.29, 1.82) is 0 Å². The fourth-order valence-electron chi connectivity index (χ4n) is 5.49. The van der Waals surface area contributed by atoms with Crippen LogP contribution in [0.5, 0.6) is 11.5 Å². The molecule has 2 unspecified atom stereocenters. The maximum absolute atomic E-state index is 12.1. The van der Waals surface area contributed by atoms with E-state index in [-0.39, 0.29) is 11.9 Å². The van der Waals surface area contributed by atoms with E-state index in [9.17, 15) is 4.79 Å². The third-order valence-electron chi connectivity index (χ3n) is 7.33. The molecular formula is C28H39N6O3+. The molecule has 0 aliphatic carbocycles. The fraction of sp³-hybridized carbons (Fsp3) is 0.500. The molecule has 9 heteroatoms. The molecule has 3 aromatic rings. The van der Waals surface area contributed by atoms with Crippen molar-refractivity contribution in [2.75, 3.05) is 26.8 Å². The van der Waals surface area contributed by atoms with Gasteiger partial charge in [-0.25, -0.2) is 9.97 Å². The second-order valence-electron chi connectivity index (χ2n) is 9.70. The number of imidazole rings is 1. The van der Waals surface area contributed by atoms with Crippen LogP contribution in [0.2, 0.25) is 0 Å². The van der Waals surface area contributed by atoms with E-state index in [1.807, 2.05) is 37.8 Å². The van der Waals surface area contributed by atoms with Crippen molar-refractivity contribution in [3.63, 3.8) is 0 Å². The topological polar surface area (TPSA) is 105 Å². The van der Waals surface area contributed by atoms with E-state index in [2.05, 4.69) is 26.7 Å². The summed E-state index contributed by atoms with van der Waals surface area (Å²) < 4.78 is 14.0. The van der Waals surface area contributed by atoms with Crippen molar-refractivity contribution in [2.45, 2.75) is 64.5 Å². The maximum atomic E-state index is 12.1. The quantitative estimate of drug-likeness (QED) is 0.354. The minimum absolute atomic E-state index is 0.101. The molecule has 0 saturated carbocycles. The van der Waals surface area contributed by atoms with Crippen LogP contribution < -0.4 is 19.7 Å². The van der Waals surface area contributed by atoms with E-state index in [0.717, 1.165) is 81.3 Å². The lowest BCUT2D eigenvalue weighted by atomic mass is 9.93. The molecule has 1 amide bonds. The van der Waals surface area contributed by atoms with Gasteiger partial charge in [-0.15, -0.1) is 0 Å². The smallest absolute Gasteiger partial charge is 0.231 e. The first kappa shape index (κ1) is 26.6. The number of nitrogens with two attached hydrogens (primary N) is 1. The second kappa shape index (κ2) is 12.7. The van der Waals surface area contributed by atoms with Gasteiger partial charge in [0.25, 0.3) is 0 Å². The van der Waals surface area contributed by atoms with Crippen LogP contribution in [0.3, 0.4) is 0 Å². The van der Waals surface area contributed by atoms with Crippen molar-refractivity contribution >= 4 is 11.7 Å². The summed E-state index contributed by atoms with van der Waals surface area (Å²) in [6, 6.07) is 8.24. The number of hydrogen-bond acceptors (Lipinski definition) is 6. The number of ether oxygens (including phenoxy) is 2. The second-order valence-corrected chi connectivity index (χ2v) is 9.70. The predicted molar refractivity (Wildman–Crippen MR) is 143 cm³/mol. The molecule has 1 fully saturated rings. The molecule has 1 saturated heterocycles. The van der Waals surface area contributed by atoms with Crippen molar-refractivity contribution in [1.82, 2.24) is 24.0 Å². The van der Waals surface area contributed by atoms with Crippen LogP contribution >= 0.6 is 0 Å². The van der Waals surface area contributed by atoms with Crippen LogP contribution in [0.1, 0.15) is 50.4 Å². The van der Waals surface area contributed by atoms with Gasteiger partial charge in [0, 0.05) is 50.5 Å². The Bertz CT molecular complexity index is 1150. The number of benzene rings is 1. The summed E-state index contributed by atoms with van der Waals surface area (Å²) in [5, 5.41) is 0. The molecule has 1 aromatic carbocycles. The average Bonchev–Trinajstić information content (AvgIpc) is 3.42. The largest absolute Gasteiger partial charge is 0.493 e. The zero-order chi connectivity index (χ0) is 26.1. The molecule has 4 rings (SSSR count). The lowest BCUT2D eigenvalue weighted by molar-refractivity contribution is -0.119. The van der Waals surface area contributed by atoms with Crippen molar-refractivity contribution in [3.05, 3.63) is 60.6 Å². The number of amides is 1. The van der Waals surface area contributed by atoms with Gasteiger partial charge in [0.15, 0.2) is 11.5 Å². The van der Waals surface area contributed by atoms with Crippen LogP contribution in [-0.4, -0.2) is 58.3 Å². The molecular weight excluding hydrogens is 468 g/mol. The Hall–Kier alpha value is -3.46. The van der Waals surface area contributed by atoms with Gasteiger partial charge in [0.2, 0.25) is 11.7 Å². The molecule has 37 heavy (non-hydrogen) atoms. The number of rotatable bonds is 13. The number of carbonyl (C=O) groups is 1. The van der Waals surface area contributed by atoms with E-state index in [1.165, 1.54) is 5.56 Å². The maximum Gasteiger partial charge on any atom is 0.231 e. The van der Waals surface area contributed by atoms with Gasteiger partial charge in [0.1, 0.15) is 11.9 Å². The molecule has 0 bridgehead atoms. The molecule has 0 spiro atoms. The molecule has 2 N–H and O–H groups in total. The first-order valence-corrected chi connectivity index (χ1v) is 13.3. The van der Waals surface area contributed by atoms with E-state index in [1.54, 1.807) is 13.3 Å².